The van der Waals surface area contributed by atoms with Crippen LogP contribution in [0.25, 0.3) is 0 Å². The molecule has 0 radical (unpaired) electrons. The highest BCUT2D eigenvalue weighted by molar-refractivity contribution is 14.1. The van der Waals surface area contributed by atoms with Gasteiger partial charge < -0.3 is 15.8 Å². The third-order valence-electron chi connectivity index (χ3n) is 2.89. The molecule has 1 aromatic carbocycles. The lowest BCUT2D eigenvalue weighted by atomic mass is 10.1. The Bertz CT molecular complexity index is 529. The van der Waals surface area contributed by atoms with E-state index in [1.807, 2.05) is 28.7 Å². The van der Waals surface area contributed by atoms with Gasteiger partial charge in [-0.1, -0.05) is 13.8 Å². The number of rotatable bonds is 6. The summed E-state index contributed by atoms with van der Waals surface area (Å²) >= 11 is 2.04. The molecule has 0 aliphatic carbocycles. The minimum Gasteiger partial charge on any atom is -0.478 e. The minimum atomic E-state index is -0.638. The number of nitrogen functional groups attached to an aromatic ring is 1. The van der Waals surface area contributed by atoms with Gasteiger partial charge >= 0.3 is 0 Å². The van der Waals surface area contributed by atoms with E-state index in [1.165, 1.54) is 0 Å². The lowest BCUT2D eigenvalue weighted by Gasteiger charge is -2.17. The SMILES string of the molecule is CC(C)CCNC(=O)C(C)Oc1c(N)cc(C#N)cc1I. The molecule has 1 atom stereocenters. The summed E-state index contributed by atoms with van der Waals surface area (Å²) in [5.41, 5.74) is 6.71. The van der Waals surface area contributed by atoms with Crippen LogP contribution in [0.5, 0.6) is 5.75 Å². The van der Waals surface area contributed by atoms with Crippen LogP contribution >= 0.6 is 22.6 Å². The quantitative estimate of drug-likeness (QED) is 0.567. The number of amides is 1. The molecular formula is C15H20IN3O2. The molecule has 3 N–H and O–H groups in total. The third kappa shape index (κ3) is 5.42. The highest BCUT2D eigenvalue weighted by atomic mass is 127. The molecule has 0 saturated heterocycles. The summed E-state index contributed by atoms with van der Waals surface area (Å²) in [6.45, 7) is 6.51. The Morgan fingerprint density at radius 3 is 2.67 bits per heavy atom. The van der Waals surface area contributed by atoms with Crippen molar-refractivity contribution in [3.8, 4) is 11.8 Å². The maximum absolute atomic E-state index is 11.9. The number of nitrogens with two attached hydrogens (primary N) is 1. The van der Waals surface area contributed by atoms with Gasteiger partial charge in [0.1, 0.15) is 0 Å². The third-order valence-corrected chi connectivity index (χ3v) is 3.69. The second-order valence-corrected chi connectivity index (χ2v) is 6.38. The van der Waals surface area contributed by atoms with Crippen molar-refractivity contribution in [2.24, 2.45) is 5.92 Å². The Kier molecular flexibility index (Phi) is 6.75. The zero-order valence-electron chi connectivity index (χ0n) is 12.4. The van der Waals surface area contributed by atoms with Crippen molar-refractivity contribution in [3.05, 3.63) is 21.3 Å². The number of nitrogens with one attached hydrogen (secondary N) is 1. The molecule has 1 unspecified atom stereocenters. The number of benzene rings is 1. The van der Waals surface area contributed by atoms with E-state index in [0.717, 1.165) is 6.42 Å². The number of carbonyl (C=O) groups is 1. The van der Waals surface area contributed by atoms with Gasteiger partial charge in [-0.15, -0.1) is 0 Å². The second-order valence-electron chi connectivity index (χ2n) is 5.22. The van der Waals surface area contributed by atoms with Gasteiger partial charge in [0.15, 0.2) is 11.9 Å². The molecule has 0 fully saturated rings. The second kappa shape index (κ2) is 8.08. The van der Waals surface area contributed by atoms with E-state index >= 15 is 0 Å². The Labute approximate surface area is 139 Å². The highest BCUT2D eigenvalue weighted by Crippen LogP contribution is 2.30. The van der Waals surface area contributed by atoms with Crippen LogP contribution in [0.4, 0.5) is 5.69 Å². The Morgan fingerprint density at radius 1 is 1.48 bits per heavy atom. The zero-order valence-corrected chi connectivity index (χ0v) is 14.6. The Hall–Kier alpha value is -1.49. The molecule has 21 heavy (non-hydrogen) atoms. The Morgan fingerprint density at radius 2 is 2.14 bits per heavy atom. The van der Waals surface area contributed by atoms with Crippen LogP contribution < -0.4 is 15.8 Å². The van der Waals surface area contributed by atoms with Crippen LogP contribution in [0.1, 0.15) is 32.8 Å². The predicted molar refractivity (Wildman–Crippen MR) is 90.8 cm³/mol. The van der Waals surface area contributed by atoms with Crippen LogP contribution in [-0.4, -0.2) is 18.6 Å². The van der Waals surface area contributed by atoms with Gasteiger partial charge in [0, 0.05) is 6.54 Å². The van der Waals surface area contributed by atoms with E-state index in [1.54, 1.807) is 19.1 Å². The van der Waals surface area contributed by atoms with Crippen molar-refractivity contribution < 1.29 is 9.53 Å². The van der Waals surface area contributed by atoms with Crippen LogP contribution in [0.2, 0.25) is 0 Å². The molecule has 0 heterocycles. The summed E-state index contributed by atoms with van der Waals surface area (Å²) in [4.78, 5) is 11.9. The van der Waals surface area contributed by atoms with Crippen molar-refractivity contribution in [2.75, 3.05) is 12.3 Å². The summed E-state index contributed by atoms with van der Waals surface area (Å²) in [6, 6.07) is 5.25. The first-order valence-electron chi connectivity index (χ1n) is 6.78. The molecule has 1 rings (SSSR count). The summed E-state index contributed by atoms with van der Waals surface area (Å²) < 4.78 is 6.35. The standard InChI is InChI=1S/C15H20IN3O2/c1-9(2)4-5-19-15(20)10(3)21-14-12(16)6-11(8-17)7-13(14)18/h6-7,9-10H,4-5,18H2,1-3H3,(H,19,20). The number of carbonyl (C=O) groups excluding carboxylic acids is 1. The van der Waals surface area contributed by atoms with Crippen molar-refractivity contribution >= 4 is 34.2 Å². The molecule has 114 valence electrons. The molecule has 5 nitrogen and oxygen atoms in total. The number of anilines is 1. The molecular weight excluding hydrogens is 381 g/mol. The van der Waals surface area contributed by atoms with E-state index in [4.69, 9.17) is 15.7 Å². The lowest BCUT2D eigenvalue weighted by Crippen LogP contribution is -2.37. The molecule has 0 aliphatic heterocycles. The van der Waals surface area contributed by atoms with Gasteiger partial charge in [-0.2, -0.15) is 5.26 Å². The molecule has 0 bridgehead atoms. The largest absolute Gasteiger partial charge is 0.478 e. The molecule has 0 saturated carbocycles. The topological polar surface area (TPSA) is 88.1 Å². The van der Waals surface area contributed by atoms with Crippen LogP contribution in [0.15, 0.2) is 12.1 Å². The molecule has 1 aromatic rings. The molecule has 0 aliphatic rings. The fourth-order valence-corrected chi connectivity index (χ4v) is 2.44. The van der Waals surface area contributed by atoms with E-state index < -0.39 is 6.10 Å². The number of hydrogen-bond acceptors (Lipinski definition) is 4. The summed E-state index contributed by atoms with van der Waals surface area (Å²) in [5, 5.41) is 11.7. The first-order valence-corrected chi connectivity index (χ1v) is 7.86. The number of halogens is 1. The summed E-state index contributed by atoms with van der Waals surface area (Å²) in [6.07, 6.45) is 0.288. The van der Waals surface area contributed by atoms with Gasteiger partial charge in [-0.05, 0) is 54.0 Å². The average molecular weight is 401 g/mol. The maximum atomic E-state index is 11.9. The Balaban J connectivity index is 2.69. The van der Waals surface area contributed by atoms with Crippen molar-refractivity contribution in [2.45, 2.75) is 33.3 Å². The molecule has 6 heteroatoms. The van der Waals surface area contributed by atoms with E-state index in [2.05, 4.69) is 19.2 Å². The van der Waals surface area contributed by atoms with Gasteiger partial charge in [0.2, 0.25) is 0 Å². The van der Waals surface area contributed by atoms with Crippen LogP contribution in [-0.2, 0) is 4.79 Å². The van der Waals surface area contributed by atoms with Crippen molar-refractivity contribution in [1.29, 1.82) is 5.26 Å². The maximum Gasteiger partial charge on any atom is 0.260 e. The molecule has 0 aromatic heterocycles. The summed E-state index contributed by atoms with van der Waals surface area (Å²) in [5.74, 6) is 0.813. The fraction of sp³-hybridized carbons (Fsp3) is 0.467. The van der Waals surface area contributed by atoms with Gasteiger partial charge in [-0.3, -0.25) is 4.79 Å². The van der Waals surface area contributed by atoms with Gasteiger partial charge in [0.25, 0.3) is 5.91 Å². The first kappa shape index (κ1) is 17.6. The monoisotopic (exact) mass is 401 g/mol. The highest BCUT2D eigenvalue weighted by Gasteiger charge is 2.18. The summed E-state index contributed by atoms with van der Waals surface area (Å²) in [7, 11) is 0. The zero-order chi connectivity index (χ0) is 16.0. The van der Waals surface area contributed by atoms with E-state index in [0.29, 0.717) is 33.0 Å². The number of nitriles is 1. The van der Waals surface area contributed by atoms with Crippen molar-refractivity contribution in [1.82, 2.24) is 5.32 Å². The smallest absolute Gasteiger partial charge is 0.260 e. The van der Waals surface area contributed by atoms with Crippen molar-refractivity contribution in [3.63, 3.8) is 0 Å². The van der Waals surface area contributed by atoms with Crippen LogP contribution in [0.3, 0.4) is 0 Å². The van der Waals surface area contributed by atoms with E-state index in [-0.39, 0.29) is 5.91 Å². The number of ether oxygens (including phenoxy) is 1. The van der Waals surface area contributed by atoms with Gasteiger partial charge in [0.05, 0.1) is 20.9 Å². The van der Waals surface area contributed by atoms with E-state index in [9.17, 15) is 4.79 Å². The first-order chi connectivity index (χ1) is 9.85. The van der Waals surface area contributed by atoms with Crippen LogP contribution in [0, 0.1) is 20.8 Å². The van der Waals surface area contributed by atoms with Gasteiger partial charge in [-0.25, -0.2) is 0 Å². The molecule has 1 amide bonds. The molecule has 0 spiro atoms. The fourth-order valence-electron chi connectivity index (χ4n) is 1.66. The number of nitrogens with zero attached hydrogens (tertiary/aromatic N) is 1. The normalized spacial score (nSPS) is 11.8. The minimum absolute atomic E-state index is 0.171. The predicted octanol–water partition coefficient (Wildman–Crippen LogP) is 2.67. The lowest BCUT2D eigenvalue weighted by molar-refractivity contribution is -0.127. The number of hydrogen-bond donors (Lipinski definition) is 2. The average Bonchev–Trinajstić information content (AvgIpc) is 2.41.